The first-order chi connectivity index (χ1) is 12.2. The molecule has 2 aromatic carbocycles. The van der Waals surface area contributed by atoms with Gasteiger partial charge in [0.05, 0.1) is 18.4 Å². The van der Waals surface area contributed by atoms with E-state index in [1.807, 2.05) is 48.5 Å². The summed E-state index contributed by atoms with van der Waals surface area (Å²) in [5.74, 6) is 0.771. The Morgan fingerprint density at radius 3 is 2.58 bits per heavy atom. The lowest BCUT2D eigenvalue weighted by Crippen LogP contribution is -2.46. The number of carbonyl (C=O) groups excluding carboxylic acids is 1. The van der Waals surface area contributed by atoms with Gasteiger partial charge in [0, 0.05) is 17.8 Å². The van der Waals surface area contributed by atoms with Gasteiger partial charge in [0.2, 0.25) is 0 Å². The Morgan fingerprint density at radius 1 is 1.15 bits per heavy atom. The fourth-order valence-electron chi connectivity index (χ4n) is 3.15. The molecule has 140 valence electrons. The molecule has 2 aromatic rings. The van der Waals surface area contributed by atoms with E-state index in [0.29, 0.717) is 11.6 Å². The molecule has 0 radical (unpaired) electrons. The second-order valence-corrected chi connectivity index (χ2v) is 6.45. The van der Waals surface area contributed by atoms with Crippen LogP contribution in [0.25, 0.3) is 0 Å². The molecule has 3 rings (SSSR count). The maximum absolute atomic E-state index is 12.7. The van der Waals surface area contributed by atoms with Crippen molar-refractivity contribution in [1.82, 2.24) is 10.6 Å². The van der Waals surface area contributed by atoms with Gasteiger partial charge < -0.3 is 20.7 Å². The molecule has 3 N–H and O–H groups in total. The van der Waals surface area contributed by atoms with Crippen LogP contribution in [0, 0.1) is 0 Å². The molecule has 1 heterocycles. The number of rotatable bonds is 5. The number of ether oxygens (including phenoxy) is 1. The Labute approximate surface area is 160 Å². The second kappa shape index (κ2) is 9.46. The zero-order valence-electron chi connectivity index (χ0n) is 15.1. The third-order valence-corrected chi connectivity index (χ3v) is 4.50. The number of hydrogen-bond acceptors (Lipinski definition) is 4. The molecule has 1 fully saturated rings. The van der Waals surface area contributed by atoms with Crippen molar-refractivity contribution in [3.63, 3.8) is 0 Å². The molecule has 2 unspecified atom stereocenters. The summed E-state index contributed by atoms with van der Waals surface area (Å²) in [6.07, 6.45) is 1.92. The lowest BCUT2D eigenvalue weighted by atomic mass is 10.00. The van der Waals surface area contributed by atoms with E-state index in [1.165, 1.54) is 0 Å². The van der Waals surface area contributed by atoms with Crippen LogP contribution < -0.4 is 20.7 Å². The molecule has 6 heteroatoms. The van der Waals surface area contributed by atoms with Crippen LogP contribution in [-0.4, -0.2) is 31.6 Å². The summed E-state index contributed by atoms with van der Waals surface area (Å²) in [4.78, 5) is 12.7. The number of benzene rings is 2. The number of hydrogen-bond donors (Lipinski definition) is 3. The number of methoxy groups -OCH3 is 1. The van der Waals surface area contributed by atoms with Crippen LogP contribution in [0.5, 0.6) is 5.75 Å². The van der Waals surface area contributed by atoms with Gasteiger partial charge in [-0.25, -0.2) is 0 Å². The third-order valence-electron chi connectivity index (χ3n) is 4.50. The minimum atomic E-state index is -0.0317. The highest BCUT2D eigenvalue weighted by molar-refractivity contribution is 6.00. The fourth-order valence-corrected chi connectivity index (χ4v) is 3.15. The summed E-state index contributed by atoms with van der Waals surface area (Å²) in [5.41, 5.74) is 2.37. The quantitative estimate of drug-likeness (QED) is 0.745. The first-order valence-corrected chi connectivity index (χ1v) is 8.70. The SMILES string of the molecule is COc1ccc(Nc2ccccc2C(=O)NC2CCNC(C)C2)cc1.Cl. The average Bonchev–Trinajstić information content (AvgIpc) is 2.63. The summed E-state index contributed by atoms with van der Waals surface area (Å²) in [6.45, 7) is 3.09. The van der Waals surface area contributed by atoms with Crippen molar-refractivity contribution in [2.45, 2.75) is 31.8 Å². The van der Waals surface area contributed by atoms with Crippen LogP contribution in [0.2, 0.25) is 0 Å². The standard InChI is InChI=1S/C20H25N3O2.ClH/c1-14-13-16(11-12-21-14)23-20(24)18-5-3-4-6-19(18)22-15-7-9-17(25-2)10-8-15;/h3-10,14,16,21-22H,11-13H2,1-2H3,(H,23,24);1H. The molecule has 0 spiro atoms. The number of nitrogens with one attached hydrogen (secondary N) is 3. The zero-order valence-corrected chi connectivity index (χ0v) is 15.9. The minimum absolute atomic E-state index is 0. The number of piperidine rings is 1. The molecule has 0 bridgehead atoms. The first kappa shape index (κ1) is 20.1. The second-order valence-electron chi connectivity index (χ2n) is 6.45. The lowest BCUT2D eigenvalue weighted by Gasteiger charge is -2.29. The molecule has 1 aliphatic rings. The third kappa shape index (κ3) is 5.13. The smallest absolute Gasteiger partial charge is 0.253 e. The monoisotopic (exact) mass is 375 g/mol. The Morgan fingerprint density at radius 2 is 1.88 bits per heavy atom. The van der Waals surface area contributed by atoms with Gasteiger partial charge in [-0.1, -0.05) is 12.1 Å². The zero-order chi connectivity index (χ0) is 17.6. The summed E-state index contributed by atoms with van der Waals surface area (Å²) in [7, 11) is 1.64. The minimum Gasteiger partial charge on any atom is -0.497 e. The largest absolute Gasteiger partial charge is 0.497 e. The van der Waals surface area contributed by atoms with E-state index >= 15 is 0 Å². The molecular formula is C20H26ClN3O2. The lowest BCUT2D eigenvalue weighted by molar-refractivity contribution is 0.0926. The van der Waals surface area contributed by atoms with Gasteiger partial charge in [0.15, 0.2) is 0 Å². The van der Waals surface area contributed by atoms with Crippen LogP contribution >= 0.6 is 12.4 Å². The van der Waals surface area contributed by atoms with Crippen LogP contribution in [0.15, 0.2) is 48.5 Å². The van der Waals surface area contributed by atoms with E-state index in [1.54, 1.807) is 7.11 Å². The number of carbonyl (C=O) groups is 1. The highest BCUT2D eigenvalue weighted by atomic mass is 35.5. The summed E-state index contributed by atoms with van der Waals surface area (Å²) in [5, 5.41) is 9.90. The molecular weight excluding hydrogens is 350 g/mol. The van der Waals surface area contributed by atoms with Crippen LogP contribution in [-0.2, 0) is 0 Å². The van der Waals surface area contributed by atoms with Gasteiger partial charge in [-0.15, -0.1) is 12.4 Å². The molecule has 0 aliphatic carbocycles. The van der Waals surface area contributed by atoms with Gasteiger partial charge in [0.1, 0.15) is 5.75 Å². The normalized spacial score (nSPS) is 19.2. The van der Waals surface area contributed by atoms with Crippen molar-refractivity contribution in [2.75, 3.05) is 19.0 Å². The van der Waals surface area contributed by atoms with Crippen molar-refractivity contribution in [2.24, 2.45) is 0 Å². The number of amides is 1. The van der Waals surface area contributed by atoms with Crippen molar-refractivity contribution >= 4 is 29.7 Å². The number of para-hydroxylation sites is 1. The van der Waals surface area contributed by atoms with Crippen LogP contribution in [0.1, 0.15) is 30.1 Å². The number of anilines is 2. The van der Waals surface area contributed by atoms with Crippen LogP contribution in [0.4, 0.5) is 11.4 Å². The first-order valence-electron chi connectivity index (χ1n) is 8.70. The van der Waals surface area contributed by atoms with E-state index in [4.69, 9.17) is 4.74 Å². The molecule has 2 atom stereocenters. The molecule has 5 nitrogen and oxygen atoms in total. The molecule has 0 saturated carbocycles. The van der Waals surface area contributed by atoms with Crippen LogP contribution in [0.3, 0.4) is 0 Å². The highest BCUT2D eigenvalue weighted by Gasteiger charge is 2.21. The van der Waals surface area contributed by atoms with Crippen molar-refractivity contribution in [3.8, 4) is 5.75 Å². The maximum Gasteiger partial charge on any atom is 0.253 e. The molecule has 26 heavy (non-hydrogen) atoms. The van der Waals surface area contributed by atoms with Gasteiger partial charge in [-0.3, -0.25) is 4.79 Å². The predicted octanol–water partition coefficient (Wildman–Crippen LogP) is 3.73. The maximum atomic E-state index is 12.7. The fraction of sp³-hybridized carbons (Fsp3) is 0.350. The topological polar surface area (TPSA) is 62.4 Å². The summed E-state index contributed by atoms with van der Waals surface area (Å²) >= 11 is 0. The van der Waals surface area contributed by atoms with Crippen molar-refractivity contribution in [1.29, 1.82) is 0 Å². The highest BCUT2D eigenvalue weighted by Crippen LogP contribution is 2.23. The van der Waals surface area contributed by atoms with Gasteiger partial charge >= 0.3 is 0 Å². The molecule has 1 aliphatic heterocycles. The Kier molecular flexibility index (Phi) is 7.30. The Bertz CT molecular complexity index is 721. The predicted molar refractivity (Wildman–Crippen MR) is 108 cm³/mol. The van der Waals surface area contributed by atoms with Crippen molar-refractivity contribution in [3.05, 3.63) is 54.1 Å². The Hall–Kier alpha value is -2.24. The van der Waals surface area contributed by atoms with Gasteiger partial charge in [-0.2, -0.15) is 0 Å². The van der Waals surface area contributed by atoms with E-state index in [-0.39, 0.29) is 24.4 Å². The summed E-state index contributed by atoms with van der Waals surface area (Å²) in [6, 6.07) is 15.9. The van der Waals surface area contributed by atoms with Gasteiger partial charge in [-0.05, 0) is 62.7 Å². The number of halogens is 1. The molecule has 1 saturated heterocycles. The van der Waals surface area contributed by atoms with E-state index < -0.39 is 0 Å². The Balaban J connectivity index is 0.00000243. The van der Waals surface area contributed by atoms with Crippen molar-refractivity contribution < 1.29 is 9.53 Å². The average molecular weight is 376 g/mol. The molecule has 0 aromatic heterocycles. The van der Waals surface area contributed by atoms with Gasteiger partial charge in [0.25, 0.3) is 5.91 Å². The van der Waals surface area contributed by atoms with E-state index in [2.05, 4.69) is 22.9 Å². The van der Waals surface area contributed by atoms with E-state index in [0.717, 1.165) is 36.5 Å². The van der Waals surface area contributed by atoms with E-state index in [9.17, 15) is 4.79 Å². The molecule has 1 amide bonds. The summed E-state index contributed by atoms with van der Waals surface area (Å²) < 4.78 is 5.18.